The molecule has 0 fully saturated rings. The van der Waals surface area contributed by atoms with Crippen LogP contribution in [0.15, 0.2) is 170 Å². The van der Waals surface area contributed by atoms with E-state index in [-0.39, 0.29) is 5.75 Å². The highest BCUT2D eigenvalue weighted by atomic mass is 16.3. The topological polar surface area (TPSA) is 63.8 Å². The van der Waals surface area contributed by atoms with Gasteiger partial charge in [-0.1, -0.05) is 158 Å². The van der Waals surface area contributed by atoms with Gasteiger partial charge in [-0.15, -0.1) is 0 Å². The van der Waals surface area contributed by atoms with Crippen LogP contribution in [0, 0.1) is 6.92 Å². The highest BCUT2D eigenvalue weighted by Gasteiger charge is 2.49. The lowest BCUT2D eigenvalue weighted by atomic mass is 9.66. The minimum Gasteiger partial charge on any atom is -0.508 e. The van der Waals surface area contributed by atoms with Gasteiger partial charge in [-0.05, 0) is 46.9 Å². The van der Waals surface area contributed by atoms with E-state index in [1.54, 1.807) is 6.07 Å². The fraction of sp³-hybridized carbons (Fsp3) is 0.0426. The Labute approximate surface area is 301 Å². The normalized spacial score (nSPS) is 14.8. The lowest BCUT2D eigenvalue weighted by Crippen LogP contribution is -2.29. The van der Waals surface area contributed by atoms with Crippen molar-refractivity contribution in [3.05, 3.63) is 198 Å². The number of hydrogen-bond donors (Lipinski definition) is 1. The lowest BCUT2D eigenvalue weighted by molar-refractivity contribution is 0.461. The molecule has 2 aromatic heterocycles. The smallest absolute Gasteiger partial charge is 0.238 e. The number of nitrogens with zero attached hydrogens (tertiary/aromatic N) is 4. The molecule has 246 valence electrons. The summed E-state index contributed by atoms with van der Waals surface area (Å²) in [5.41, 5.74) is 10.6. The van der Waals surface area contributed by atoms with E-state index in [1.165, 1.54) is 0 Å². The number of hydrogen-bond acceptors (Lipinski definition) is 4. The predicted octanol–water partition coefficient (Wildman–Crippen LogP) is 10.7. The monoisotopic (exact) mass is 668 g/mol. The SMILES string of the molecule is Cc1ccccc1C1(c2ccccc2O)c2ccccc2-c2c1ccc1c3ccccc3n(-c3nc(-c4ccccc4)nc(-c4ccccc4)n3)c21. The number of benzene rings is 7. The first kappa shape index (κ1) is 30.0. The van der Waals surface area contributed by atoms with Crippen molar-refractivity contribution in [3.63, 3.8) is 0 Å². The van der Waals surface area contributed by atoms with Crippen LogP contribution in [-0.2, 0) is 5.41 Å². The van der Waals surface area contributed by atoms with Gasteiger partial charge in [0, 0.05) is 33.0 Å². The van der Waals surface area contributed by atoms with Crippen molar-refractivity contribution in [2.45, 2.75) is 12.3 Å². The van der Waals surface area contributed by atoms with E-state index in [0.717, 1.165) is 71.9 Å². The Morgan fingerprint density at radius 3 is 1.75 bits per heavy atom. The van der Waals surface area contributed by atoms with Gasteiger partial charge in [0.05, 0.1) is 16.4 Å². The summed E-state index contributed by atoms with van der Waals surface area (Å²) < 4.78 is 2.22. The number of aromatic hydroxyl groups is 1. The van der Waals surface area contributed by atoms with Gasteiger partial charge in [0.15, 0.2) is 11.6 Å². The Kier molecular flexibility index (Phi) is 6.70. The molecular weight excluding hydrogens is 637 g/mol. The molecule has 0 spiro atoms. The third kappa shape index (κ3) is 4.26. The van der Waals surface area contributed by atoms with Crippen LogP contribution in [0.4, 0.5) is 0 Å². The van der Waals surface area contributed by atoms with Crippen LogP contribution in [0.25, 0.3) is 61.7 Å². The summed E-state index contributed by atoms with van der Waals surface area (Å²) in [6.45, 7) is 2.16. The number of aromatic nitrogens is 4. The summed E-state index contributed by atoms with van der Waals surface area (Å²) in [6.07, 6.45) is 0. The van der Waals surface area contributed by atoms with Crippen molar-refractivity contribution in [1.29, 1.82) is 0 Å². The third-order valence-corrected chi connectivity index (χ3v) is 10.6. The van der Waals surface area contributed by atoms with E-state index in [2.05, 4.69) is 102 Å². The van der Waals surface area contributed by atoms with Gasteiger partial charge in [0.2, 0.25) is 5.95 Å². The van der Waals surface area contributed by atoms with E-state index in [0.29, 0.717) is 17.6 Å². The van der Waals surface area contributed by atoms with Crippen LogP contribution < -0.4 is 0 Å². The molecule has 0 aliphatic heterocycles. The maximum atomic E-state index is 11.7. The molecule has 2 heterocycles. The Morgan fingerprint density at radius 2 is 1.06 bits per heavy atom. The molecule has 0 saturated carbocycles. The molecule has 52 heavy (non-hydrogen) atoms. The Morgan fingerprint density at radius 1 is 0.481 bits per heavy atom. The van der Waals surface area contributed by atoms with Crippen LogP contribution in [0.2, 0.25) is 0 Å². The zero-order chi connectivity index (χ0) is 34.8. The largest absolute Gasteiger partial charge is 0.508 e. The van der Waals surface area contributed by atoms with Gasteiger partial charge >= 0.3 is 0 Å². The number of rotatable bonds is 5. The molecule has 1 unspecified atom stereocenters. The summed E-state index contributed by atoms with van der Waals surface area (Å²) in [7, 11) is 0. The molecule has 1 N–H and O–H groups in total. The standard InChI is InChI=1S/C47H32N4O/c1-30-16-8-11-23-36(30)47(38-25-13-15-27-41(38)52)37-24-12-9-22-35(37)42-39(47)29-28-34-33-21-10-14-26-40(33)51(43(34)42)46-49-44(31-17-4-2-5-18-31)48-45(50-46)32-19-6-3-7-20-32/h2-29,52H,1H3. The van der Waals surface area contributed by atoms with Gasteiger partial charge in [-0.25, -0.2) is 4.98 Å². The Balaban J connectivity index is 1.39. The van der Waals surface area contributed by atoms with Crippen LogP contribution in [0.5, 0.6) is 5.75 Å². The van der Waals surface area contributed by atoms with Crippen molar-refractivity contribution in [3.8, 4) is 45.6 Å². The van der Waals surface area contributed by atoms with Crippen LogP contribution in [-0.4, -0.2) is 24.6 Å². The minimum atomic E-state index is -0.790. The second-order valence-corrected chi connectivity index (χ2v) is 13.4. The third-order valence-electron chi connectivity index (χ3n) is 10.6. The van der Waals surface area contributed by atoms with Gasteiger partial charge < -0.3 is 5.11 Å². The zero-order valence-corrected chi connectivity index (χ0v) is 28.4. The van der Waals surface area contributed by atoms with E-state index in [1.807, 2.05) is 72.8 Å². The summed E-state index contributed by atoms with van der Waals surface area (Å²) in [5.74, 6) is 2.01. The van der Waals surface area contributed by atoms with Crippen molar-refractivity contribution in [1.82, 2.24) is 19.5 Å². The quantitative estimate of drug-likeness (QED) is 0.198. The number of phenols is 1. The van der Waals surface area contributed by atoms with E-state index in [4.69, 9.17) is 15.0 Å². The molecule has 0 saturated heterocycles. The summed E-state index contributed by atoms with van der Waals surface area (Å²) in [6, 6.07) is 58.2. The van der Waals surface area contributed by atoms with Gasteiger partial charge in [-0.3, -0.25) is 4.57 Å². The molecule has 1 atom stereocenters. The van der Waals surface area contributed by atoms with Crippen molar-refractivity contribution in [2.24, 2.45) is 0 Å². The van der Waals surface area contributed by atoms with Crippen molar-refractivity contribution in [2.75, 3.05) is 0 Å². The van der Waals surface area contributed by atoms with Gasteiger partial charge in [-0.2, -0.15) is 9.97 Å². The van der Waals surface area contributed by atoms with Crippen molar-refractivity contribution >= 4 is 21.8 Å². The number of fused-ring (bicyclic) bond motifs is 7. The summed E-state index contributed by atoms with van der Waals surface area (Å²) >= 11 is 0. The average Bonchev–Trinajstić information content (AvgIpc) is 3.70. The van der Waals surface area contributed by atoms with E-state index < -0.39 is 5.41 Å². The Hall–Kier alpha value is -6.85. The number of para-hydroxylation sites is 2. The first-order valence-electron chi connectivity index (χ1n) is 17.5. The molecular formula is C47H32N4O. The molecule has 7 aromatic carbocycles. The molecule has 0 radical (unpaired) electrons. The molecule has 5 nitrogen and oxygen atoms in total. The highest BCUT2D eigenvalue weighted by Crippen LogP contribution is 2.60. The summed E-state index contributed by atoms with van der Waals surface area (Å²) in [4.78, 5) is 15.5. The lowest BCUT2D eigenvalue weighted by Gasteiger charge is -2.35. The van der Waals surface area contributed by atoms with E-state index >= 15 is 0 Å². The second kappa shape index (κ2) is 11.6. The molecule has 10 rings (SSSR count). The first-order chi connectivity index (χ1) is 25.6. The fourth-order valence-electron chi connectivity index (χ4n) is 8.43. The van der Waals surface area contributed by atoms with Gasteiger partial charge in [0.1, 0.15) is 5.75 Å². The average molecular weight is 669 g/mol. The maximum absolute atomic E-state index is 11.7. The predicted molar refractivity (Wildman–Crippen MR) is 209 cm³/mol. The summed E-state index contributed by atoms with van der Waals surface area (Å²) in [5, 5.41) is 14.0. The fourth-order valence-corrected chi connectivity index (χ4v) is 8.43. The van der Waals surface area contributed by atoms with Gasteiger partial charge in [0.25, 0.3) is 0 Å². The molecule has 0 bridgehead atoms. The Bertz CT molecular complexity index is 2720. The van der Waals surface area contributed by atoms with Crippen LogP contribution in [0.1, 0.15) is 27.8 Å². The minimum absolute atomic E-state index is 0.256. The molecule has 1 aliphatic rings. The molecule has 1 aliphatic carbocycles. The van der Waals surface area contributed by atoms with E-state index in [9.17, 15) is 5.11 Å². The highest BCUT2D eigenvalue weighted by molar-refractivity contribution is 6.16. The number of phenolic OH excluding ortho intramolecular Hbond substituents is 1. The molecule has 0 amide bonds. The first-order valence-corrected chi connectivity index (χ1v) is 17.5. The molecule has 9 aromatic rings. The van der Waals surface area contributed by atoms with Crippen LogP contribution in [0.3, 0.4) is 0 Å². The van der Waals surface area contributed by atoms with Crippen LogP contribution >= 0.6 is 0 Å². The molecule has 5 heteroatoms. The number of aryl methyl sites for hydroxylation is 1. The second-order valence-electron chi connectivity index (χ2n) is 13.4. The zero-order valence-electron chi connectivity index (χ0n) is 28.4. The maximum Gasteiger partial charge on any atom is 0.238 e. The van der Waals surface area contributed by atoms with Crippen molar-refractivity contribution < 1.29 is 5.11 Å².